The Labute approximate surface area is 202 Å². The van der Waals surface area contributed by atoms with Gasteiger partial charge in [0.05, 0.1) is 15.2 Å². The summed E-state index contributed by atoms with van der Waals surface area (Å²) in [6, 6.07) is 7.59. The number of halogens is 2. The van der Waals surface area contributed by atoms with Crippen molar-refractivity contribution >= 4 is 66.8 Å². The number of nitrogens with zero attached hydrogens (tertiary/aromatic N) is 3. The Morgan fingerprint density at radius 3 is 2.84 bits per heavy atom. The fraction of sp³-hybridized carbons (Fsp3) is 0.333. The van der Waals surface area contributed by atoms with E-state index >= 15 is 0 Å². The highest BCUT2D eigenvalue weighted by Gasteiger charge is 2.43. The van der Waals surface area contributed by atoms with Crippen molar-refractivity contribution in [2.45, 2.75) is 19.4 Å². The van der Waals surface area contributed by atoms with Crippen LogP contribution in [-0.2, 0) is 4.79 Å². The van der Waals surface area contributed by atoms with Gasteiger partial charge in [-0.2, -0.15) is 0 Å². The topological polar surface area (TPSA) is 96.5 Å². The first-order valence-electron chi connectivity index (χ1n) is 9.92. The van der Waals surface area contributed by atoms with E-state index in [2.05, 4.69) is 42.6 Å². The van der Waals surface area contributed by atoms with E-state index in [4.69, 9.17) is 16.3 Å². The van der Waals surface area contributed by atoms with Crippen LogP contribution >= 0.6 is 38.9 Å². The summed E-state index contributed by atoms with van der Waals surface area (Å²) in [6.45, 7) is 4.38. The van der Waals surface area contributed by atoms with E-state index in [0.29, 0.717) is 25.0 Å². The molecule has 8 nitrogen and oxygen atoms in total. The van der Waals surface area contributed by atoms with Crippen molar-refractivity contribution in [3.63, 3.8) is 0 Å². The van der Waals surface area contributed by atoms with Gasteiger partial charge in [-0.05, 0) is 59.4 Å². The second-order valence-electron chi connectivity index (χ2n) is 7.68. The minimum atomic E-state index is -0.881. The molecule has 4 rings (SSSR count). The number of hydrogen-bond donors (Lipinski definition) is 2. The summed E-state index contributed by atoms with van der Waals surface area (Å²) in [4.78, 5) is 35.4. The molecule has 2 N–H and O–H groups in total. The largest absolute Gasteiger partial charge is 0.492 e. The quantitative estimate of drug-likeness (QED) is 0.324. The highest BCUT2D eigenvalue weighted by atomic mass is 79.9. The average molecular weight is 539 g/mol. The van der Waals surface area contributed by atoms with Crippen molar-refractivity contribution in [2.24, 2.45) is 0 Å². The van der Waals surface area contributed by atoms with E-state index in [0.717, 1.165) is 30.9 Å². The molecule has 3 amide bonds. The predicted octanol–water partition coefficient (Wildman–Crippen LogP) is 4.48. The van der Waals surface area contributed by atoms with Crippen LogP contribution in [0.2, 0.25) is 0 Å². The predicted molar refractivity (Wildman–Crippen MR) is 130 cm³/mol. The third-order valence-electron chi connectivity index (χ3n) is 4.87. The number of ether oxygens (including phenoxy) is 1. The monoisotopic (exact) mass is 537 g/mol. The number of hydrogen-bond acceptors (Lipinski definition) is 7. The van der Waals surface area contributed by atoms with Gasteiger partial charge in [0.25, 0.3) is 5.91 Å². The molecule has 0 bridgehead atoms. The maximum absolute atomic E-state index is 12.3. The van der Waals surface area contributed by atoms with Gasteiger partial charge in [-0.15, -0.1) is 22.9 Å². The Morgan fingerprint density at radius 2 is 2.12 bits per heavy atom. The Kier molecular flexibility index (Phi) is 6.55. The van der Waals surface area contributed by atoms with Crippen LogP contribution in [-0.4, -0.2) is 57.9 Å². The molecule has 0 atom stereocenters. The maximum Gasteiger partial charge on any atom is 0.325 e. The fourth-order valence-corrected chi connectivity index (χ4v) is 4.97. The van der Waals surface area contributed by atoms with E-state index in [1.54, 1.807) is 31.4 Å². The fourth-order valence-electron chi connectivity index (χ4n) is 3.31. The Hall–Kier alpha value is -2.43. The number of thiophene rings is 1. The lowest BCUT2D eigenvalue weighted by molar-refractivity contribution is -0.130. The van der Waals surface area contributed by atoms with Crippen LogP contribution in [0.3, 0.4) is 0 Å². The molecule has 0 radical (unpaired) electrons. The lowest BCUT2D eigenvalue weighted by Crippen LogP contribution is -2.40. The molecule has 1 saturated heterocycles. The summed E-state index contributed by atoms with van der Waals surface area (Å²) in [7, 11) is 0. The number of fused-ring (bicyclic) bond motifs is 1. The number of nitrogens with one attached hydrogen (secondary N) is 2. The first-order chi connectivity index (χ1) is 15.3. The van der Waals surface area contributed by atoms with Gasteiger partial charge in [-0.1, -0.05) is 0 Å². The van der Waals surface area contributed by atoms with Crippen LogP contribution in [0.4, 0.5) is 10.7 Å². The van der Waals surface area contributed by atoms with Crippen molar-refractivity contribution in [3.8, 4) is 16.3 Å². The average Bonchev–Trinajstić information content (AvgIpc) is 3.26. The summed E-state index contributed by atoms with van der Waals surface area (Å²) < 4.78 is 7.49. The van der Waals surface area contributed by atoms with Crippen LogP contribution in [0.5, 0.6) is 5.75 Å². The second-order valence-corrected chi connectivity index (χ2v) is 9.99. The molecule has 0 unspecified atom stereocenters. The molecule has 3 heterocycles. The molecule has 2 aromatic heterocycles. The van der Waals surface area contributed by atoms with Crippen molar-refractivity contribution in [2.75, 3.05) is 30.9 Å². The molecular weight excluding hydrogens is 518 g/mol. The number of alkyl halides is 1. The molecule has 0 spiro atoms. The minimum absolute atomic E-state index is 0.219. The lowest BCUT2D eigenvalue weighted by Gasteiger charge is -2.16. The Bertz CT molecular complexity index is 1190. The normalized spacial score (nSPS) is 15.3. The van der Waals surface area contributed by atoms with Gasteiger partial charge >= 0.3 is 6.03 Å². The SMILES string of the molecule is CC1(C)NC(=O)N(CCNc2ncc(Br)c(-c3cc4cc(OCCCl)ccc4s3)n2)C1=O. The first kappa shape index (κ1) is 22.8. The van der Waals surface area contributed by atoms with Gasteiger partial charge in [-0.3, -0.25) is 9.69 Å². The third kappa shape index (κ3) is 4.67. The van der Waals surface area contributed by atoms with Crippen molar-refractivity contribution < 1.29 is 14.3 Å². The lowest BCUT2D eigenvalue weighted by atomic mass is 10.1. The van der Waals surface area contributed by atoms with Crippen LogP contribution < -0.4 is 15.4 Å². The molecule has 1 aliphatic heterocycles. The van der Waals surface area contributed by atoms with Crippen LogP contribution in [0, 0.1) is 0 Å². The van der Waals surface area contributed by atoms with Crippen molar-refractivity contribution in [3.05, 3.63) is 34.9 Å². The number of anilines is 1. The van der Waals surface area contributed by atoms with E-state index < -0.39 is 5.54 Å². The zero-order valence-electron chi connectivity index (χ0n) is 17.4. The zero-order valence-corrected chi connectivity index (χ0v) is 20.6. The second kappa shape index (κ2) is 9.21. The summed E-state index contributed by atoms with van der Waals surface area (Å²) in [5.41, 5.74) is -0.128. The number of amides is 3. The van der Waals surface area contributed by atoms with Crippen LogP contribution in [0.25, 0.3) is 20.7 Å². The number of rotatable bonds is 8. The first-order valence-corrected chi connectivity index (χ1v) is 12.1. The number of carbonyl (C=O) groups is 2. The van der Waals surface area contributed by atoms with Crippen molar-refractivity contribution in [1.29, 1.82) is 0 Å². The molecule has 168 valence electrons. The van der Waals surface area contributed by atoms with Gasteiger partial charge in [0, 0.05) is 24.0 Å². The number of imide groups is 1. The summed E-state index contributed by atoms with van der Waals surface area (Å²) in [6.07, 6.45) is 1.68. The summed E-state index contributed by atoms with van der Waals surface area (Å²) >= 11 is 10.8. The van der Waals surface area contributed by atoms with Gasteiger partial charge in [0.2, 0.25) is 5.95 Å². The highest BCUT2D eigenvalue weighted by Crippen LogP contribution is 2.37. The molecule has 11 heteroatoms. The Morgan fingerprint density at radius 1 is 1.31 bits per heavy atom. The molecular formula is C21H21BrClN5O3S. The van der Waals surface area contributed by atoms with Crippen molar-refractivity contribution in [1.82, 2.24) is 20.2 Å². The zero-order chi connectivity index (χ0) is 22.9. The summed E-state index contributed by atoms with van der Waals surface area (Å²) in [5, 5.41) is 6.82. The summed E-state index contributed by atoms with van der Waals surface area (Å²) in [5.74, 6) is 1.38. The van der Waals surface area contributed by atoms with Crippen LogP contribution in [0.15, 0.2) is 34.9 Å². The highest BCUT2D eigenvalue weighted by molar-refractivity contribution is 9.10. The van der Waals surface area contributed by atoms with E-state index in [1.165, 1.54) is 4.90 Å². The number of benzene rings is 1. The number of urea groups is 1. The molecule has 3 aromatic rings. The molecule has 32 heavy (non-hydrogen) atoms. The molecule has 0 saturated carbocycles. The van der Waals surface area contributed by atoms with Crippen LogP contribution in [0.1, 0.15) is 13.8 Å². The van der Waals surface area contributed by atoms with Gasteiger partial charge in [0.1, 0.15) is 23.6 Å². The van der Waals surface area contributed by atoms with Gasteiger partial charge in [0.15, 0.2) is 0 Å². The van der Waals surface area contributed by atoms with E-state index in [1.807, 2.05) is 18.2 Å². The van der Waals surface area contributed by atoms with E-state index in [9.17, 15) is 9.59 Å². The Balaban J connectivity index is 1.48. The van der Waals surface area contributed by atoms with Gasteiger partial charge < -0.3 is 15.4 Å². The standard InChI is InChI=1S/C21H21BrClN5O3S/c1-21(2)18(29)28(20(30)27-21)7-6-24-19-25-11-14(22)17(26-19)16-10-12-9-13(31-8-5-23)3-4-15(12)32-16/h3-4,9-11H,5-8H2,1-2H3,(H,27,30)(H,24,25,26). The number of aromatic nitrogens is 2. The minimum Gasteiger partial charge on any atom is -0.492 e. The smallest absolute Gasteiger partial charge is 0.325 e. The maximum atomic E-state index is 12.3. The number of carbonyl (C=O) groups excluding carboxylic acids is 2. The third-order valence-corrected chi connectivity index (χ3v) is 6.73. The molecule has 1 aliphatic rings. The van der Waals surface area contributed by atoms with E-state index in [-0.39, 0.29) is 18.5 Å². The molecule has 1 fully saturated rings. The molecule has 1 aromatic carbocycles. The molecule has 0 aliphatic carbocycles. The van der Waals surface area contributed by atoms with Gasteiger partial charge in [-0.25, -0.2) is 14.8 Å².